The summed E-state index contributed by atoms with van der Waals surface area (Å²) in [4.78, 5) is 0. The third kappa shape index (κ3) is 4.76. The Balaban J connectivity index is 1.39. The molecule has 2 heterocycles. The van der Waals surface area contributed by atoms with Crippen LogP contribution in [0.25, 0.3) is 11.1 Å². The van der Waals surface area contributed by atoms with Crippen LogP contribution in [0.2, 0.25) is 0 Å². The Morgan fingerprint density at radius 1 is 0.853 bits per heavy atom. The first-order valence-corrected chi connectivity index (χ1v) is 11.4. The zero-order chi connectivity index (χ0) is 23.6. The van der Waals surface area contributed by atoms with Crippen LogP contribution in [0.1, 0.15) is 29.5 Å². The fourth-order valence-corrected chi connectivity index (χ4v) is 4.76. The van der Waals surface area contributed by atoms with E-state index in [1.54, 1.807) is 24.3 Å². The molecule has 0 bridgehead atoms. The molecule has 4 nitrogen and oxygen atoms in total. The first-order chi connectivity index (χ1) is 16.4. The molecule has 3 aromatic rings. The van der Waals surface area contributed by atoms with Crippen molar-refractivity contribution >= 4 is 0 Å². The van der Waals surface area contributed by atoms with Gasteiger partial charge < -0.3 is 19.5 Å². The fraction of sp³-hybridized carbons (Fsp3) is 0.333. The Morgan fingerprint density at radius 2 is 1.62 bits per heavy atom. The number of rotatable bonds is 6. The monoisotopic (exact) mass is 469 g/mol. The second kappa shape index (κ2) is 9.31. The van der Waals surface area contributed by atoms with E-state index in [4.69, 9.17) is 14.2 Å². The Morgan fingerprint density at radius 3 is 2.38 bits per heavy atom. The smallest absolute Gasteiger partial charge is 0.416 e. The van der Waals surface area contributed by atoms with Crippen molar-refractivity contribution in [2.24, 2.45) is 0 Å². The first-order valence-electron chi connectivity index (χ1n) is 11.4. The molecule has 0 unspecified atom stereocenters. The minimum atomic E-state index is -4.46. The number of alkyl halides is 3. The van der Waals surface area contributed by atoms with E-state index in [-0.39, 0.29) is 18.8 Å². The topological polar surface area (TPSA) is 39.7 Å². The van der Waals surface area contributed by atoms with Gasteiger partial charge in [-0.25, -0.2) is 0 Å². The average Bonchev–Trinajstić information content (AvgIpc) is 3.32. The van der Waals surface area contributed by atoms with Crippen molar-refractivity contribution in [2.45, 2.75) is 31.0 Å². The summed E-state index contributed by atoms with van der Waals surface area (Å²) in [6.07, 6.45) is -2.62. The highest BCUT2D eigenvalue weighted by molar-refractivity contribution is 5.69. The zero-order valence-electron chi connectivity index (χ0n) is 18.7. The van der Waals surface area contributed by atoms with Gasteiger partial charge in [0.2, 0.25) is 6.79 Å². The van der Waals surface area contributed by atoms with Crippen molar-refractivity contribution in [1.29, 1.82) is 0 Å². The molecule has 178 valence electrons. The third-order valence-corrected chi connectivity index (χ3v) is 6.62. The molecule has 1 fully saturated rings. The summed E-state index contributed by atoms with van der Waals surface area (Å²) in [7, 11) is 0. The number of hydrogen-bond acceptors (Lipinski definition) is 4. The molecule has 0 aliphatic carbocycles. The van der Waals surface area contributed by atoms with Gasteiger partial charge in [0.25, 0.3) is 0 Å². The molecule has 0 radical (unpaired) electrons. The van der Waals surface area contributed by atoms with E-state index < -0.39 is 11.7 Å². The molecule has 2 aliphatic heterocycles. The summed E-state index contributed by atoms with van der Waals surface area (Å²) < 4.78 is 57.9. The maximum absolute atomic E-state index is 13.7. The predicted molar refractivity (Wildman–Crippen MR) is 123 cm³/mol. The van der Waals surface area contributed by atoms with Crippen molar-refractivity contribution < 1.29 is 27.4 Å². The summed E-state index contributed by atoms with van der Waals surface area (Å²) in [5, 5.41) is 3.39. The number of fused-ring (bicyclic) bond motifs is 1. The number of benzene rings is 3. The predicted octanol–water partition coefficient (Wildman–Crippen LogP) is 5.94. The largest absolute Gasteiger partial charge is 0.454 e. The van der Waals surface area contributed by atoms with Crippen LogP contribution in [0.4, 0.5) is 13.2 Å². The van der Waals surface area contributed by atoms with Gasteiger partial charge in [0.05, 0.1) is 18.8 Å². The zero-order valence-corrected chi connectivity index (χ0v) is 18.7. The van der Waals surface area contributed by atoms with Gasteiger partial charge in [-0.05, 0) is 78.5 Å². The number of hydrogen-bond donors (Lipinski definition) is 1. The first kappa shape index (κ1) is 22.7. The Hall–Kier alpha value is -3.03. The number of piperidine rings is 1. The summed E-state index contributed by atoms with van der Waals surface area (Å²) in [6.45, 7) is 2.43. The second-order valence-electron chi connectivity index (χ2n) is 8.87. The van der Waals surface area contributed by atoms with Crippen molar-refractivity contribution in [1.82, 2.24) is 5.32 Å². The van der Waals surface area contributed by atoms with Crippen LogP contribution in [0.3, 0.4) is 0 Å². The summed E-state index contributed by atoms with van der Waals surface area (Å²) >= 11 is 0. The minimum Gasteiger partial charge on any atom is -0.454 e. The van der Waals surface area contributed by atoms with Crippen LogP contribution in [0, 0.1) is 0 Å². The molecule has 7 heteroatoms. The summed E-state index contributed by atoms with van der Waals surface area (Å²) in [6, 6.07) is 19.5. The van der Waals surface area contributed by atoms with Crippen molar-refractivity contribution in [3.05, 3.63) is 83.4 Å². The molecule has 5 rings (SSSR count). The van der Waals surface area contributed by atoms with Gasteiger partial charge in [0, 0.05) is 5.41 Å². The fourth-order valence-electron chi connectivity index (χ4n) is 4.76. The Bertz CT molecular complexity index is 1140. The van der Waals surface area contributed by atoms with Crippen molar-refractivity contribution in [3.63, 3.8) is 0 Å². The van der Waals surface area contributed by atoms with Crippen LogP contribution in [-0.2, 0) is 22.9 Å². The normalized spacial score (nSPS) is 17.0. The Kier molecular flexibility index (Phi) is 6.23. The van der Waals surface area contributed by atoms with Gasteiger partial charge in [0.15, 0.2) is 11.5 Å². The molecule has 0 atom stereocenters. The lowest BCUT2D eigenvalue weighted by Gasteiger charge is -2.38. The standard InChI is InChI=1S/C27H26F3NO3/c28-27(29,30)23-13-19(12-21(14-23)20-6-7-24-25(15-20)34-18-33-24)16-32-17-26(8-10-31-11-9-26)22-4-2-1-3-5-22/h1-7,12-15,31H,8-11,16-18H2. The van der Waals surface area contributed by atoms with Crippen LogP contribution in [-0.4, -0.2) is 26.5 Å². The number of ether oxygens (including phenoxy) is 3. The molecule has 0 saturated carbocycles. The van der Waals surface area contributed by atoms with E-state index in [0.29, 0.717) is 34.8 Å². The highest BCUT2D eigenvalue weighted by Gasteiger charge is 2.35. The van der Waals surface area contributed by atoms with Crippen LogP contribution in [0.5, 0.6) is 11.5 Å². The molecular weight excluding hydrogens is 443 g/mol. The molecule has 3 aromatic carbocycles. The summed E-state index contributed by atoms with van der Waals surface area (Å²) in [5.74, 6) is 1.12. The van der Waals surface area contributed by atoms with Gasteiger partial charge in [-0.2, -0.15) is 13.2 Å². The number of halogens is 3. The van der Waals surface area contributed by atoms with Crippen molar-refractivity contribution in [2.75, 3.05) is 26.5 Å². The lowest BCUT2D eigenvalue weighted by Crippen LogP contribution is -2.43. The molecule has 1 N–H and O–H groups in total. The molecule has 1 saturated heterocycles. The molecule has 2 aliphatic rings. The van der Waals surface area contributed by atoms with E-state index in [1.165, 1.54) is 17.7 Å². The van der Waals surface area contributed by atoms with Gasteiger partial charge in [-0.1, -0.05) is 36.4 Å². The van der Waals surface area contributed by atoms with Crippen LogP contribution < -0.4 is 14.8 Å². The van der Waals surface area contributed by atoms with Gasteiger partial charge in [-0.15, -0.1) is 0 Å². The quantitative estimate of drug-likeness (QED) is 0.485. The van der Waals surface area contributed by atoms with Crippen LogP contribution in [0.15, 0.2) is 66.7 Å². The molecule has 34 heavy (non-hydrogen) atoms. The Labute approximate surface area is 196 Å². The third-order valence-electron chi connectivity index (χ3n) is 6.62. The van der Waals surface area contributed by atoms with Crippen LogP contribution >= 0.6 is 0 Å². The molecule has 0 amide bonds. The highest BCUT2D eigenvalue weighted by atomic mass is 19.4. The van der Waals surface area contributed by atoms with Crippen molar-refractivity contribution in [3.8, 4) is 22.6 Å². The van der Waals surface area contributed by atoms with Gasteiger partial charge in [-0.3, -0.25) is 0 Å². The van der Waals surface area contributed by atoms with E-state index in [2.05, 4.69) is 17.4 Å². The maximum atomic E-state index is 13.7. The van der Waals surface area contributed by atoms with Gasteiger partial charge in [0.1, 0.15) is 0 Å². The maximum Gasteiger partial charge on any atom is 0.416 e. The second-order valence-corrected chi connectivity index (χ2v) is 8.87. The SMILES string of the molecule is FC(F)(F)c1cc(COCC2(c3ccccc3)CCNCC2)cc(-c2ccc3c(c2)OCO3)c1. The lowest BCUT2D eigenvalue weighted by atomic mass is 9.74. The van der Waals surface area contributed by atoms with Gasteiger partial charge >= 0.3 is 6.18 Å². The molecule has 0 aromatic heterocycles. The highest BCUT2D eigenvalue weighted by Crippen LogP contribution is 2.39. The molecule has 0 spiro atoms. The minimum absolute atomic E-state index is 0.101. The molecular formula is C27H26F3NO3. The van der Waals surface area contributed by atoms with E-state index in [0.717, 1.165) is 25.9 Å². The van der Waals surface area contributed by atoms with E-state index >= 15 is 0 Å². The lowest BCUT2D eigenvalue weighted by molar-refractivity contribution is -0.137. The average molecular weight is 470 g/mol. The van der Waals surface area contributed by atoms with E-state index in [9.17, 15) is 13.2 Å². The number of nitrogens with one attached hydrogen (secondary N) is 1. The van der Waals surface area contributed by atoms with E-state index in [1.807, 2.05) is 18.2 Å². The summed E-state index contributed by atoms with van der Waals surface area (Å²) in [5.41, 5.74) is 1.96.